The molecule has 0 radical (unpaired) electrons. The molecule has 7 unspecified atom stereocenters. The number of aromatic nitrogens is 8. The lowest BCUT2D eigenvalue weighted by Crippen LogP contribution is -2.54. The van der Waals surface area contributed by atoms with Crippen LogP contribution < -0.4 is 50.5 Å². The number of aliphatic hydroxyl groups excluding tert-OH is 1. The first kappa shape index (κ1) is 78.9. The third kappa shape index (κ3) is 14.6. The van der Waals surface area contributed by atoms with Crippen LogP contribution in [0.3, 0.4) is 0 Å². The molecular weight excluding hydrogens is 1550 g/mol. The molecule has 0 aliphatic carbocycles. The molecule has 9 aliphatic rings. The Morgan fingerprint density at radius 1 is 0.585 bits per heavy atom. The Balaban J connectivity index is 0.753. The number of ether oxygens (including phenoxy) is 8. The molecule has 25 atom stereocenters. The monoisotopic (exact) mass is 1630 g/mol. The van der Waals surface area contributed by atoms with Gasteiger partial charge in [-0.2, -0.15) is 4.98 Å². The minimum absolute atomic E-state index is 0.00128. The van der Waals surface area contributed by atoms with E-state index in [0.717, 1.165) is 26.1 Å². The summed E-state index contributed by atoms with van der Waals surface area (Å²) in [5.41, 5.74) is -5.10. The number of aryl methyl sites for hydroxylation is 4. The molecule has 4 aromatic heterocycles. The van der Waals surface area contributed by atoms with E-state index in [1.807, 2.05) is 0 Å². The Labute approximate surface area is 614 Å². The highest BCUT2D eigenvalue weighted by Crippen LogP contribution is 2.63. The van der Waals surface area contributed by atoms with Crippen molar-refractivity contribution in [1.29, 1.82) is 0 Å². The van der Waals surface area contributed by atoms with Crippen LogP contribution in [0, 0.1) is 27.7 Å². The lowest BCUT2D eigenvalue weighted by Gasteiger charge is -2.41. The maximum Gasteiger partial charge on any atom is 0.472 e. The number of amides is 1. The van der Waals surface area contributed by atoms with Crippen LogP contribution in [-0.4, -0.2) is 203 Å². The number of nitrogen functional groups attached to an aromatic ring is 1. The first-order chi connectivity index (χ1) is 49.6. The largest absolute Gasteiger partial charge is 0.472 e. The standard InChI is InChI=1S/C58H77N11O30P4S3/c1-11-32-33(12-36(91-32)67-16-25(4)46(72)62-53(67)76)96-101(81,104)84-19-35-34(13-37(92-35)66-14-23(2)44(59)61-52(66)75)97-102(82,105)87-22-58-30(9)89-39(50(95-58)68-17-26(5)47(73)63-54(68)77)42(58)98-100(79,80)85-21-57-29(8)90-40(51(94-57)69-18-27(6)48(74)64-55(69)78)43(57)99-103(83,106)86-20-56-28(7)88-38(41(56)70)49(93-56)65-15-24(3)45(71)60-31(65)10/h14-18,28-30,32-43,49-51,70H,10-13,19-22H2,1-9H3,(H,60,71)(H,79,80)(H,81,104)(H,82,105)(H,83,106)(H2,59,61,75)(H,62,72,76)(H,63,73,77)(H,64,74,78)/t28-,29-,30-,32+,33+,34+,35+,36+,37+,38?,39?,40?,41+,42+,43+,49+,50+,51+,56-,57-,58-,101?,102?,103?/m0/s1. The first-order valence-corrected chi connectivity index (χ1v) is 42.3. The molecule has 11 N–H and O–H groups in total. The number of nitrogens with zero attached hydrogens (tertiary/aromatic N) is 6. The lowest BCUT2D eigenvalue weighted by molar-refractivity contribution is -0.222. The molecule has 0 saturated carbocycles. The number of carbonyl (C=O) groups excluding carboxylic acids is 1. The lowest BCUT2D eigenvalue weighted by atomic mass is 9.94. The number of hydrogen-bond donors (Lipinski definition) is 10. The summed E-state index contributed by atoms with van der Waals surface area (Å²) in [5.74, 6) is -0.400. The fourth-order valence-corrected chi connectivity index (χ4v) is 19.8. The third-order valence-electron chi connectivity index (χ3n) is 20.3. The Morgan fingerprint density at radius 2 is 1.02 bits per heavy atom. The number of aromatic amines is 3. The Bertz CT molecular complexity index is 4900. The summed E-state index contributed by atoms with van der Waals surface area (Å²) in [6, 6.07) is 0. The summed E-state index contributed by atoms with van der Waals surface area (Å²) in [4.78, 5) is 163. The third-order valence-corrected chi connectivity index (χ3v) is 25.9. The average molecular weight is 1630 g/mol. The first-order valence-electron chi connectivity index (χ1n) is 33.0. The van der Waals surface area contributed by atoms with Gasteiger partial charge in [-0.15, -0.1) is 0 Å². The summed E-state index contributed by atoms with van der Waals surface area (Å²) >= 11 is 16.8. The van der Waals surface area contributed by atoms with Gasteiger partial charge in [0.05, 0.1) is 63.1 Å². The maximum absolute atomic E-state index is 15.0. The smallest absolute Gasteiger partial charge is 0.387 e. The predicted octanol–water partition coefficient (Wildman–Crippen LogP) is -0.787. The molecule has 1 amide bonds. The van der Waals surface area contributed by atoms with Gasteiger partial charge in [0.25, 0.3) is 22.6 Å². The van der Waals surface area contributed by atoms with Crippen LogP contribution in [-0.2, 0) is 119 Å². The van der Waals surface area contributed by atoms with E-state index in [0.29, 0.717) is 12.0 Å². The van der Waals surface area contributed by atoms with Crippen LogP contribution in [0.15, 0.2) is 82.5 Å². The van der Waals surface area contributed by atoms with Gasteiger partial charge in [-0.3, -0.25) is 66.0 Å². The van der Waals surface area contributed by atoms with E-state index in [1.165, 1.54) is 62.7 Å². The average Bonchev–Trinajstić information content (AvgIpc) is 1.56. The van der Waals surface area contributed by atoms with E-state index in [2.05, 4.69) is 31.8 Å². The zero-order valence-electron chi connectivity index (χ0n) is 57.7. The van der Waals surface area contributed by atoms with Crippen molar-refractivity contribution in [2.24, 2.45) is 0 Å². The maximum atomic E-state index is 15.0. The van der Waals surface area contributed by atoms with Crippen molar-refractivity contribution in [3.8, 4) is 0 Å². The number of fused-ring (bicyclic) bond motifs is 6. The molecule has 0 spiro atoms. The van der Waals surface area contributed by atoms with Crippen LogP contribution in [0.1, 0.15) is 101 Å². The topological polar surface area (TPSA) is 524 Å². The van der Waals surface area contributed by atoms with Crippen molar-refractivity contribution < 1.29 is 108 Å². The summed E-state index contributed by atoms with van der Waals surface area (Å²) in [6.07, 6.45) is -17.2. The Hall–Kier alpha value is -5.19. The van der Waals surface area contributed by atoms with Crippen molar-refractivity contribution >= 4 is 75.1 Å². The molecule has 13 heterocycles. The van der Waals surface area contributed by atoms with E-state index in [4.69, 9.17) is 115 Å². The number of rotatable bonds is 26. The highest BCUT2D eigenvalue weighted by atomic mass is 32.5. The van der Waals surface area contributed by atoms with Gasteiger partial charge in [0, 0.05) is 71.7 Å². The normalized spacial score (nSPS) is 36.8. The summed E-state index contributed by atoms with van der Waals surface area (Å²) in [5, 5.41) is 14.3. The number of H-pyrrole nitrogens is 3. The van der Waals surface area contributed by atoms with Gasteiger partial charge < -0.3 is 101 Å². The summed E-state index contributed by atoms with van der Waals surface area (Å²) < 4.78 is 118. The second-order valence-corrected chi connectivity index (χ2v) is 36.9. The van der Waals surface area contributed by atoms with Gasteiger partial charge in [-0.05, 0) is 97.2 Å². The van der Waals surface area contributed by atoms with Gasteiger partial charge in [0.2, 0.25) is 0 Å². The zero-order chi connectivity index (χ0) is 76.8. The minimum atomic E-state index is -5.71. The molecule has 4 aromatic rings. The molecule has 6 bridgehead atoms. The van der Waals surface area contributed by atoms with E-state index >= 15 is 4.57 Å². The molecule has 0 aromatic carbocycles. The zero-order valence-corrected chi connectivity index (χ0v) is 63.7. The molecule has 8 fully saturated rings. The molecule has 9 aliphatic heterocycles. The second-order valence-electron chi connectivity index (χ2n) is 27.1. The van der Waals surface area contributed by atoms with E-state index in [-0.39, 0.29) is 46.7 Å². The van der Waals surface area contributed by atoms with Crippen LogP contribution in [0.2, 0.25) is 0 Å². The summed E-state index contributed by atoms with van der Waals surface area (Å²) in [6.45, 7) is 0.248. The van der Waals surface area contributed by atoms with E-state index < -0.39 is 227 Å². The number of anilines is 1. The molecule has 106 heavy (non-hydrogen) atoms. The molecule has 582 valence electrons. The predicted molar refractivity (Wildman–Crippen MR) is 371 cm³/mol. The van der Waals surface area contributed by atoms with Gasteiger partial charge in [-0.1, -0.05) is 13.5 Å². The highest BCUT2D eigenvalue weighted by molar-refractivity contribution is 8.07. The Morgan fingerprint density at radius 3 is 1.58 bits per heavy atom. The van der Waals surface area contributed by atoms with Crippen LogP contribution >= 0.6 is 28.0 Å². The van der Waals surface area contributed by atoms with Crippen LogP contribution in [0.25, 0.3) is 0 Å². The summed E-state index contributed by atoms with van der Waals surface area (Å²) in [7, 11) is -5.71. The fourth-order valence-electron chi connectivity index (χ4n) is 14.4. The van der Waals surface area contributed by atoms with E-state index in [9.17, 15) is 63.0 Å². The quantitative estimate of drug-likeness (QED) is 0.0345. The number of aliphatic hydroxyl groups is 1. The van der Waals surface area contributed by atoms with Gasteiger partial charge in [0.15, 0.2) is 18.7 Å². The SMILES string of the molecule is C=C1NC(=O)C(C)=CN1[C@@H]1O[C@@]2(COP(O)(=S)O[C@@H]3C4O[C@@H](C)[C@]3(COP(=O)(O)O[C@@H]3C5O[C@@H](C)[C@]3(COP(O)(=S)O[C@@H]3C[C@H](n6cc(C)c(N)nc6=O)O[C@@H]3COP(O)(=S)O[C@@H]3C[C@H](n6cc(C)c(=O)[nH]c6=O)O[C@@H]3CC)O[C@H]5n3cc(C)c(=O)[nH]c3=O)O[C@H]4n3cc(C)c(=O)[nH]c3=O)[C@H](C)OC1[C@H]2O. The van der Waals surface area contributed by atoms with Crippen molar-refractivity contribution in [2.75, 3.05) is 32.2 Å². The fraction of sp³-hybridized carbons (Fsp3) is 0.638. The number of phosphoric ester groups is 1. The minimum Gasteiger partial charge on any atom is -0.387 e. The van der Waals surface area contributed by atoms with E-state index in [1.54, 1.807) is 27.7 Å². The molecule has 48 heteroatoms. The Kier molecular flexibility index (Phi) is 21.5. The van der Waals surface area contributed by atoms with Crippen molar-refractivity contribution in [3.05, 3.63) is 144 Å². The number of nitrogens with one attached hydrogen (secondary N) is 4. The van der Waals surface area contributed by atoms with Crippen molar-refractivity contribution in [3.63, 3.8) is 0 Å². The van der Waals surface area contributed by atoms with Gasteiger partial charge >= 0.3 is 50.7 Å². The van der Waals surface area contributed by atoms with Gasteiger partial charge in [0.1, 0.15) is 83.6 Å². The van der Waals surface area contributed by atoms with Gasteiger partial charge in [-0.25, -0.2) is 23.7 Å². The molecule has 8 saturated heterocycles. The molecule has 13 rings (SSSR count). The number of nitrogens with two attached hydrogens (primary N) is 1. The van der Waals surface area contributed by atoms with Crippen LogP contribution in [0.5, 0.6) is 0 Å². The number of hydrogen-bond acceptors (Lipinski definition) is 32. The highest BCUT2D eigenvalue weighted by Gasteiger charge is 2.72. The van der Waals surface area contributed by atoms with Crippen molar-refractivity contribution in [1.82, 2.24) is 48.4 Å². The molecule has 41 nitrogen and oxygen atoms in total. The van der Waals surface area contributed by atoms with Crippen molar-refractivity contribution in [2.45, 2.75) is 209 Å². The number of carbonyl (C=O) groups is 1. The number of phosphoric acid groups is 1. The van der Waals surface area contributed by atoms with Crippen LogP contribution in [0.4, 0.5) is 5.82 Å². The molecular formula is C58H77N11O30P4S3. The second kappa shape index (κ2) is 28.8.